The minimum atomic E-state index is -0.731. The smallest absolute Gasteiger partial charge is 0.0742 e. The van der Waals surface area contributed by atoms with Crippen LogP contribution in [0.15, 0.2) is 249 Å². The van der Waals surface area contributed by atoms with Crippen molar-refractivity contribution in [3.05, 3.63) is 315 Å². The summed E-state index contributed by atoms with van der Waals surface area (Å²) in [6, 6.07) is 92.6. The van der Waals surface area contributed by atoms with Crippen LogP contribution in [-0.2, 0) is 5.41 Å². The number of rotatable bonds is 11. The lowest BCUT2D eigenvalue weighted by Crippen LogP contribution is -2.38. The minimum absolute atomic E-state index is 0.731. The molecule has 0 saturated carbocycles. The fourth-order valence-electron chi connectivity index (χ4n) is 12.1. The Balaban J connectivity index is 1.07. The van der Waals surface area contributed by atoms with Crippen molar-refractivity contribution in [1.82, 2.24) is 0 Å². The Bertz CT molecular complexity index is 3760. The maximum absolute atomic E-state index is 2.47. The Morgan fingerprint density at radius 1 is 0.295 bits per heavy atom. The van der Waals surface area contributed by atoms with Gasteiger partial charge in [-0.1, -0.05) is 187 Å². The van der Waals surface area contributed by atoms with Gasteiger partial charge in [-0.05, 0) is 206 Å². The van der Waals surface area contributed by atoms with Gasteiger partial charge in [0.2, 0.25) is 0 Å². The van der Waals surface area contributed by atoms with Gasteiger partial charge in [-0.2, -0.15) is 0 Å². The lowest BCUT2D eigenvalue weighted by atomic mass is 9.62. The predicted octanol–water partition coefficient (Wildman–Crippen LogP) is 20.6. The van der Waals surface area contributed by atoms with E-state index in [0.29, 0.717) is 0 Å². The van der Waals surface area contributed by atoms with Crippen LogP contribution in [0, 0.1) is 55.4 Å². The monoisotopic (exact) mass is 1010 g/mol. The van der Waals surface area contributed by atoms with Crippen LogP contribution in [0.4, 0.5) is 51.2 Å². The van der Waals surface area contributed by atoms with Gasteiger partial charge in [0.25, 0.3) is 0 Å². The highest BCUT2D eigenvalue weighted by molar-refractivity contribution is 5.91. The number of fused-ring (bicyclic) bond motifs is 2. The normalized spacial score (nSPS) is 12.4. The second kappa shape index (κ2) is 20.4. The highest BCUT2D eigenvalue weighted by Gasteiger charge is 2.47. The van der Waals surface area contributed by atoms with Gasteiger partial charge >= 0.3 is 0 Å². The fourth-order valence-corrected chi connectivity index (χ4v) is 12.1. The van der Waals surface area contributed by atoms with Crippen molar-refractivity contribution in [3.63, 3.8) is 0 Å². The summed E-state index contributed by atoms with van der Waals surface area (Å²) >= 11 is 0. The summed E-state index contributed by atoms with van der Waals surface area (Å²) in [5.74, 6) is 0. The molecule has 78 heavy (non-hydrogen) atoms. The molecule has 0 aromatic heterocycles. The van der Waals surface area contributed by atoms with E-state index in [1.807, 2.05) is 0 Å². The Kier molecular flexibility index (Phi) is 13.0. The average Bonchev–Trinajstić information content (AvgIpc) is 3.06. The summed E-state index contributed by atoms with van der Waals surface area (Å²) in [6.45, 7) is 17.8. The highest BCUT2D eigenvalue weighted by atomic mass is 15.2. The van der Waals surface area contributed by atoms with E-state index in [-0.39, 0.29) is 0 Å². The zero-order chi connectivity index (χ0) is 53.7. The third-order valence-corrected chi connectivity index (χ3v) is 16.5. The molecule has 11 aromatic rings. The van der Waals surface area contributed by atoms with Crippen molar-refractivity contribution in [2.75, 3.05) is 14.7 Å². The van der Waals surface area contributed by atoms with Gasteiger partial charge in [-0.15, -0.1) is 0 Å². The highest BCUT2D eigenvalue weighted by Crippen LogP contribution is 2.58. The third-order valence-electron chi connectivity index (χ3n) is 16.5. The van der Waals surface area contributed by atoms with Crippen molar-refractivity contribution in [2.45, 2.75) is 60.8 Å². The van der Waals surface area contributed by atoms with Crippen LogP contribution in [0.5, 0.6) is 0 Å². The maximum Gasteiger partial charge on any atom is 0.0742 e. The average molecular weight is 1010 g/mol. The Labute approximate surface area is 462 Å². The molecule has 0 atom stereocenters. The summed E-state index contributed by atoms with van der Waals surface area (Å²) in [7, 11) is 0. The molecular formula is C75H65N3. The van der Waals surface area contributed by atoms with Crippen molar-refractivity contribution in [1.29, 1.82) is 0 Å². The number of benzene rings is 11. The largest absolute Gasteiger partial charge is 0.310 e. The van der Waals surface area contributed by atoms with Crippen LogP contribution in [0.1, 0.15) is 66.8 Å². The van der Waals surface area contributed by atoms with Crippen LogP contribution in [0.3, 0.4) is 0 Å². The Hall–Kier alpha value is -9.18. The van der Waals surface area contributed by atoms with Crippen LogP contribution < -0.4 is 14.7 Å². The molecule has 0 bridgehead atoms. The van der Waals surface area contributed by atoms with Crippen molar-refractivity contribution in [3.8, 4) is 22.3 Å². The minimum Gasteiger partial charge on any atom is -0.310 e. The number of anilines is 9. The second-order valence-corrected chi connectivity index (χ2v) is 21.4. The first-order valence-electron chi connectivity index (χ1n) is 27.3. The molecule has 3 nitrogen and oxygen atoms in total. The van der Waals surface area contributed by atoms with E-state index >= 15 is 0 Å². The molecule has 11 aromatic carbocycles. The molecule has 0 amide bonds. The van der Waals surface area contributed by atoms with E-state index in [4.69, 9.17) is 0 Å². The van der Waals surface area contributed by atoms with Gasteiger partial charge in [0.05, 0.1) is 28.2 Å². The van der Waals surface area contributed by atoms with E-state index < -0.39 is 5.41 Å². The standard InChI is InChI=1S/C75H65N3/c1-50-23-38-68(39-24-50)78-71-22-16-15-21-69(71)75(70-49-51(2)25-48-72(70)78,62-34-44-66(45-35-62)76(73-54(5)28-26-52(3)56(73)7)64-40-30-60(31-41-64)58-17-11-9-12-18-58)63-36-46-67(47-37-63)77(74-55(6)29-27-53(4)57(74)8)65-42-32-61(33-43-65)59-19-13-10-14-20-59/h9-49H,1-8H3. The van der Waals surface area contributed by atoms with Gasteiger partial charge in [-0.25, -0.2) is 0 Å². The Morgan fingerprint density at radius 3 is 1.13 bits per heavy atom. The molecule has 0 fully saturated rings. The molecule has 380 valence electrons. The van der Waals surface area contributed by atoms with Gasteiger partial charge in [0.1, 0.15) is 0 Å². The fraction of sp³-hybridized carbons (Fsp3) is 0.120. The number of nitrogens with zero attached hydrogens (tertiary/aromatic N) is 3. The molecule has 1 aliphatic rings. The molecule has 0 N–H and O–H groups in total. The first-order chi connectivity index (χ1) is 38.0. The summed E-state index contributed by atoms with van der Waals surface area (Å²) in [5, 5.41) is 0. The number of hydrogen-bond donors (Lipinski definition) is 0. The van der Waals surface area contributed by atoms with E-state index in [1.54, 1.807) is 0 Å². The van der Waals surface area contributed by atoms with E-state index in [1.165, 1.54) is 100 Å². The SMILES string of the molecule is Cc1ccc(N2c3ccccc3C(c3ccc(N(c4ccc(-c5ccccc5)cc4)c4c(C)ccc(C)c4C)cc3)(c3ccc(N(c4ccc(-c5ccccc5)cc4)c4c(C)ccc(C)c4C)cc3)c3cc(C)ccc32)cc1. The number of hydrogen-bond acceptors (Lipinski definition) is 3. The number of para-hydroxylation sites is 1. The van der Waals surface area contributed by atoms with Gasteiger partial charge in [0.15, 0.2) is 0 Å². The van der Waals surface area contributed by atoms with Crippen LogP contribution >= 0.6 is 0 Å². The predicted molar refractivity (Wildman–Crippen MR) is 331 cm³/mol. The first-order valence-corrected chi connectivity index (χ1v) is 27.3. The molecule has 0 spiro atoms. The number of aryl methyl sites for hydroxylation is 6. The molecule has 0 unspecified atom stereocenters. The molecule has 0 radical (unpaired) electrons. The first kappa shape index (κ1) is 49.7. The molecule has 3 heteroatoms. The molecule has 12 rings (SSSR count). The molecular weight excluding hydrogens is 943 g/mol. The maximum atomic E-state index is 2.47. The van der Waals surface area contributed by atoms with Crippen LogP contribution in [0.25, 0.3) is 22.3 Å². The van der Waals surface area contributed by atoms with E-state index in [0.717, 1.165) is 39.8 Å². The van der Waals surface area contributed by atoms with Crippen LogP contribution in [0.2, 0.25) is 0 Å². The summed E-state index contributed by atoms with van der Waals surface area (Å²) < 4.78 is 0. The zero-order valence-electron chi connectivity index (χ0n) is 46.0. The molecule has 0 saturated heterocycles. The zero-order valence-corrected chi connectivity index (χ0v) is 46.0. The van der Waals surface area contributed by atoms with Crippen molar-refractivity contribution < 1.29 is 0 Å². The molecule has 0 aliphatic carbocycles. The molecule has 1 heterocycles. The topological polar surface area (TPSA) is 9.72 Å². The van der Waals surface area contributed by atoms with E-state index in [2.05, 4.69) is 319 Å². The van der Waals surface area contributed by atoms with E-state index in [9.17, 15) is 0 Å². The molecule has 1 aliphatic heterocycles. The lowest BCUT2D eigenvalue weighted by molar-refractivity contribution is 0.730. The quantitative estimate of drug-likeness (QED) is 0.128. The third kappa shape index (κ3) is 8.66. The second-order valence-electron chi connectivity index (χ2n) is 21.4. The van der Waals surface area contributed by atoms with Gasteiger partial charge < -0.3 is 14.7 Å². The van der Waals surface area contributed by atoms with Gasteiger partial charge in [-0.3, -0.25) is 0 Å². The summed E-state index contributed by atoms with van der Waals surface area (Å²) in [6.07, 6.45) is 0. The summed E-state index contributed by atoms with van der Waals surface area (Å²) in [5.41, 5.74) is 29.1. The van der Waals surface area contributed by atoms with Gasteiger partial charge in [0, 0.05) is 28.4 Å². The Morgan fingerprint density at radius 2 is 0.667 bits per heavy atom. The van der Waals surface area contributed by atoms with Crippen molar-refractivity contribution >= 4 is 51.2 Å². The van der Waals surface area contributed by atoms with Crippen molar-refractivity contribution in [2.24, 2.45) is 0 Å². The van der Waals surface area contributed by atoms with Crippen LogP contribution in [-0.4, -0.2) is 0 Å². The summed E-state index contributed by atoms with van der Waals surface area (Å²) in [4.78, 5) is 7.39. The lowest BCUT2D eigenvalue weighted by Gasteiger charge is -2.47.